The van der Waals surface area contributed by atoms with Crippen LogP contribution >= 0.6 is 0 Å². The van der Waals surface area contributed by atoms with Crippen LogP contribution in [-0.2, 0) is 14.4 Å². The second kappa shape index (κ2) is 20.5. The Morgan fingerprint density at radius 1 is 0.600 bits per heavy atom. The highest BCUT2D eigenvalue weighted by Crippen LogP contribution is 2.29. The van der Waals surface area contributed by atoms with Gasteiger partial charge in [0, 0.05) is 26.3 Å². The number of nitrogens with one attached hydrogen (secondary N) is 3. The van der Waals surface area contributed by atoms with Crippen LogP contribution in [0.25, 0.3) is 0 Å². The van der Waals surface area contributed by atoms with Gasteiger partial charge in [0.15, 0.2) is 0 Å². The average Bonchev–Trinajstić information content (AvgIpc) is 3.43. The van der Waals surface area contributed by atoms with Crippen LogP contribution in [-0.4, -0.2) is 35.2 Å². The molecule has 3 rings (SSSR count). The Morgan fingerprint density at radius 3 is 1.51 bits per heavy atom. The van der Waals surface area contributed by atoms with Crippen molar-refractivity contribution in [2.75, 3.05) is 7.05 Å². The molecule has 0 unspecified atom stereocenters. The molecule has 3 amide bonds. The first kappa shape index (κ1) is 31.4. The molecule has 0 aliphatic heterocycles. The minimum absolute atomic E-state index is 0.205. The molecule has 0 bridgehead atoms. The molecule has 8 nitrogen and oxygen atoms in total. The van der Waals surface area contributed by atoms with Gasteiger partial charge in [0.25, 0.3) is 0 Å². The Kier molecular flexibility index (Phi) is 18.4. The zero-order valence-corrected chi connectivity index (χ0v) is 22.0. The van der Waals surface area contributed by atoms with Gasteiger partial charge >= 0.3 is 0 Å². The molecular formula is C27H51N3O5. The maximum atomic E-state index is 11.0. The van der Waals surface area contributed by atoms with E-state index in [4.69, 9.17) is 10.4 Å². The van der Waals surface area contributed by atoms with Crippen molar-refractivity contribution in [2.45, 2.75) is 128 Å². The van der Waals surface area contributed by atoms with Crippen molar-refractivity contribution in [1.29, 1.82) is 0 Å². The van der Waals surface area contributed by atoms with E-state index in [1.54, 1.807) is 18.0 Å². The molecule has 0 aromatic heterocycles. The monoisotopic (exact) mass is 497 g/mol. The van der Waals surface area contributed by atoms with Crippen LogP contribution in [0.4, 0.5) is 0 Å². The van der Waals surface area contributed by atoms with Gasteiger partial charge in [-0.1, -0.05) is 77.0 Å². The zero-order valence-electron chi connectivity index (χ0n) is 22.0. The van der Waals surface area contributed by atoms with Crippen molar-refractivity contribution in [3.63, 3.8) is 0 Å². The van der Waals surface area contributed by atoms with Crippen LogP contribution in [0, 0.1) is 17.8 Å². The molecule has 0 saturated heterocycles. The van der Waals surface area contributed by atoms with E-state index in [0.29, 0.717) is 18.8 Å². The lowest BCUT2D eigenvalue weighted by Crippen LogP contribution is -2.22. The lowest BCUT2D eigenvalue weighted by Gasteiger charge is -2.20. The van der Waals surface area contributed by atoms with Crippen LogP contribution in [0.3, 0.4) is 0 Å². The summed E-state index contributed by atoms with van der Waals surface area (Å²) in [6.45, 7) is 0. The summed E-state index contributed by atoms with van der Waals surface area (Å²) in [6.07, 6.45) is 23.1. The van der Waals surface area contributed by atoms with Crippen LogP contribution in [0.2, 0.25) is 0 Å². The maximum absolute atomic E-state index is 11.0. The van der Waals surface area contributed by atoms with Crippen molar-refractivity contribution in [3.05, 3.63) is 0 Å². The van der Waals surface area contributed by atoms with Gasteiger partial charge in [0.05, 0.1) is 0 Å². The summed E-state index contributed by atoms with van der Waals surface area (Å²) in [4.78, 5) is 32.3. The van der Waals surface area contributed by atoms with Crippen molar-refractivity contribution >= 4 is 17.7 Å². The van der Waals surface area contributed by atoms with Crippen LogP contribution < -0.4 is 16.3 Å². The van der Waals surface area contributed by atoms with Crippen LogP contribution in [0.5, 0.6) is 0 Å². The molecular weight excluding hydrogens is 446 g/mol. The Hall–Kier alpha value is -1.67. The van der Waals surface area contributed by atoms with Crippen molar-refractivity contribution < 1.29 is 24.8 Å². The van der Waals surface area contributed by atoms with E-state index in [2.05, 4.69) is 5.32 Å². The summed E-state index contributed by atoms with van der Waals surface area (Å²) in [5, 5.41) is 19.2. The Bertz CT molecular complexity index is 569. The molecule has 5 N–H and O–H groups in total. The number of rotatable bonds is 9. The number of carbonyl (C=O) groups is 3. The lowest BCUT2D eigenvalue weighted by molar-refractivity contribution is -0.130. The highest BCUT2D eigenvalue weighted by atomic mass is 16.5. The van der Waals surface area contributed by atoms with Gasteiger partial charge in [-0.25, -0.2) is 11.0 Å². The Morgan fingerprint density at radius 2 is 1.03 bits per heavy atom. The fraction of sp³-hybridized carbons (Fsp3) is 0.889. The first-order valence-electron chi connectivity index (χ1n) is 14.0. The summed E-state index contributed by atoms with van der Waals surface area (Å²) < 4.78 is 0. The molecule has 35 heavy (non-hydrogen) atoms. The SMILES string of the molecule is CNC(=O)CC1CCCCC1.O=C(CCC1CCCC1)NO.O=C(CCCC1CCCCC1)NO. The maximum Gasteiger partial charge on any atom is 0.243 e. The van der Waals surface area contributed by atoms with Crippen LogP contribution in [0.1, 0.15) is 128 Å². The molecule has 204 valence electrons. The minimum atomic E-state index is -0.254. The fourth-order valence-corrected chi connectivity index (χ4v) is 5.53. The Balaban J connectivity index is 0.000000264. The number of amides is 3. The summed E-state index contributed by atoms with van der Waals surface area (Å²) in [7, 11) is 1.71. The summed E-state index contributed by atoms with van der Waals surface area (Å²) in [6, 6.07) is 0. The number of hydrogen-bond acceptors (Lipinski definition) is 5. The molecule has 0 aromatic rings. The first-order valence-corrected chi connectivity index (χ1v) is 14.0. The quantitative estimate of drug-likeness (QED) is 0.215. The highest BCUT2D eigenvalue weighted by molar-refractivity contribution is 5.75. The summed E-state index contributed by atoms with van der Waals surface area (Å²) >= 11 is 0. The van der Waals surface area contributed by atoms with E-state index < -0.39 is 0 Å². The van der Waals surface area contributed by atoms with Gasteiger partial charge in [-0.15, -0.1) is 0 Å². The standard InChI is InChI=1S/C10H19NO2.C9H17NO.C8H15NO2/c12-10(11-13)8-4-7-9-5-2-1-3-6-9;1-10-9(11)7-8-5-3-2-4-6-8;10-8(9-11)6-5-7-3-1-2-4-7/h9,13H,1-8H2,(H,11,12);8H,2-7H2,1H3,(H,10,11);7,11H,1-6H2,(H,9,10). The van der Waals surface area contributed by atoms with Gasteiger partial charge in [-0.2, -0.15) is 0 Å². The largest absolute Gasteiger partial charge is 0.359 e. The molecule has 3 saturated carbocycles. The molecule has 0 atom stereocenters. The molecule has 3 aliphatic rings. The number of carbonyl (C=O) groups excluding carboxylic acids is 3. The molecule has 0 radical (unpaired) electrons. The van der Waals surface area contributed by atoms with E-state index in [-0.39, 0.29) is 17.7 Å². The molecule has 0 aromatic carbocycles. The predicted molar refractivity (Wildman–Crippen MR) is 137 cm³/mol. The second-order valence-corrected chi connectivity index (χ2v) is 10.5. The average molecular weight is 498 g/mol. The predicted octanol–water partition coefficient (Wildman–Crippen LogP) is 5.41. The highest BCUT2D eigenvalue weighted by Gasteiger charge is 2.16. The van der Waals surface area contributed by atoms with Crippen molar-refractivity contribution in [3.8, 4) is 0 Å². The Labute approximate surface area is 212 Å². The van der Waals surface area contributed by atoms with Gasteiger partial charge in [-0.05, 0) is 49.9 Å². The van der Waals surface area contributed by atoms with E-state index in [1.807, 2.05) is 0 Å². The van der Waals surface area contributed by atoms with E-state index in [9.17, 15) is 14.4 Å². The van der Waals surface area contributed by atoms with E-state index >= 15 is 0 Å². The third kappa shape index (κ3) is 16.6. The fourth-order valence-electron chi connectivity index (χ4n) is 5.53. The number of hydroxylamine groups is 2. The van der Waals surface area contributed by atoms with Gasteiger partial charge in [0.1, 0.15) is 0 Å². The van der Waals surface area contributed by atoms with Crippen LogP contribution in [0.15, 0.2) is 0 Å². The first-order chi connectivity index (χ1) is 17.0. The topological polar surface area (TPSA) is 128 Å². The van der Waals surface area contributed by atoms with Gasteiger partial charge in [0.2, 0.25) is 17.7 Å². The van der Waals surface area contributed by atoms with Gasteiger partial charge in [-0.3, -0.25) is 24.8 Å². The molecule has 0 heterocycles. The summed E-state index contributed by atoms with van der Waals surface area (Å²) in [5.41, 5.74) is 3.31. The minimum Gasteiger partial charge on any atom is -0.359 e. The van der Waals surface area contributed by atoms with E-state index in [1.165, 1.54) is 89.9 Å². The third-order valence-electron chi connectivity index (χ3n) is 7.72. The lowest BCUT2D eigenvalue weighted by atomic mass is 9.86. The number of hydrogen-bond donors (Lipinski definition) is 5. The molecule has 8 heteroatoms. The molecule has 3 fully saturated rings. The molecule has 0 spiro atoms. The third-order valence-corrected chi connectivity index (χ3v) is 7.72. The zero-order chi connectivity index (χ0) is 25.7. The normalized spacial score (nSPS) is 18.9. The van der Waals surface area contributed by atoms with Crippen molar-refractivity contribution in [1.82, 2.24) is 16.3 Å². The second-order valence-electron chi connectivity index (χ2n) is 10.5. The van der Waals surface area contributed by atoms with Crippen molar-refractivity contribution in [2.24, 2.45) is 17.8 Å². The summed E-state index contributed by atoms with van der Waals surface area (Å²) in [5.74, 6) is 1.93. The van der Waals surface area contributed by atoms with Gasteiger partial charge < -0.3 is 5.32 Å². The smallest absolute Gasteiger partial charge is 0.243 e. The molecule has 3 aliphatic carbocycles. The van der Waals surface area contributed by atoms with E-state index in [0.717, 1.165) is 37.5 Å².